The molecule has 4 nitrogen and oxygen atoms in total. The molecule has 0 aromatic heterocycles. The molecule has 2 aliphatic rings. The summed E-state index contributed by atoms with van der Waals surface area (Å²) in [5, 5.41) is 14.0. The van der Waals surface area contributed by atoms with Crippen LogP contribution < -0.4 is 14.8 Å². The van der Waals surface area contributed by atoms with Crippen LogP contribution in [0.15, 0.2) is 18.2 Å². The smallest absolute Gasteiger partial charge is 0.165 e. The third-order valence-corrected chi connectivity index (χ3v) is 4.62. The van der Waals surface area contributed by atoms with E-state index >= 15 is 0 Å². The first-order valence-electron chi connectivity index (χ1n) is 7.97. The second-order valence-corrected chi connectivity index (χ2v) is 6.45. The molecule has 0 radical (unpaired) electrons. The molecule has 116 valence electrons. The van der Waals surface area contributed by atoms with Gasteiger partial charge < -0.3 is 19.9 Å². The van der Waals surface area contributed by atoms with Crippen LogP contribution in [-0.4, -0.2) is 30.5 Å². The van der Waals surface area contributed by atoms with Crippen molar-refractivity contribution in [1.29, 1.82) is 0 Å². The van der Waals surface area contributed by atoms with Crippen LogP contribution in [0.1, 0.15) is 38.2 Å². The van der Waals surface area contributed by atoms with E-state index in [9.17, 15) is 5.11 Å². The van der Waals surface area contributed by atoms with Crippen LogP contribution in [-0.2, 0) is 6.54 Å². The molecule has 0 unspecified atom stereocenters. The van der Waals surface area contributed by atoms with Crippen LogP contribution in [0.5, 0.6) is 11.5 Å². The molecule has 1 aromatic rings. The first-order valence-corrected chi connectivity index (χ1v) is 7.97. The van der Waals surface area contributed by atoms with Gasteiger partial charge in [-0.05, 0) is 37.7 Å². The predicted octanol–water partition coefficient (Wildman–Crippen LogP) is 2.49. The summed E-state index contributed by atoms with van der Waals surface area (Å²) in [5.41, 5.74) is 0.554. The van der Waals surface area contributed by atoms with E-state index in [0.717, 1.165) is 48.7 Å². The summed E-state index contributed by atoms with van der Waals surface area (Å²) in [7, 11) is 0. The number of benzene rings is 1. The van der Waals surface area contributed by atoms with Gasteiger partial charge in [0.15, 0.2) is 11.5 Å². The Balaban J connectivity index is 1.56. The van der Waals surface area contributed by atoms with Crippen molar-refractivity contribution in [2.45, 2.75) is 44.8 Å². The summed E-state index contributed by atoms with van der Waals surface area (Å²) in [6, 6.07) is 5.98. The minimum absolute atomic E-state index is 0.543. The first-order chi connectivity index (χ1) is 10.2. The largest absolute Gasteiger partial charge is 0.486 e. The lowest BCUT2D eigenvalue weighted by atomic mass is 9.79. The Morgan fingerprint density at radius 3 is 2.81 bits per heavy atom. The first kappa shape index (κ1) is 14.7. The number of hydrogen-bond donors (Lipinski definition) is 2. The SMILES string of the molecule is CC1CCC(O)(CNCc2cccc3c2OCCO3)CC1. The van der Waals surface area contributed by atoms with Gasteiger partial charge in [-0.15, -0.1) is 0 Å². The number of rotatable bonds is 4. The van der Waals surface area contributed by atoms with E-state index in [1.165, 1.54) is 0 Å². The molecule has 4 heteroatoms. The number of aliphatic hydroxyl groups is 1. The maximum Gasteiger partial charge on any atom is 0.165 e. The van der Waals surface area contributed by atoms with Crippen molar-refractivity contribution in [1.82, 2.24) is 5.32 Å². The minimum atomic E-state index is -0.543. The van der Waals surface area contributed by atoms with Crippen LogP contribution in [0.25, 0.3) is 0 Å². The lowest BCUT2D eigenvalue weighted by molar-refractivity contribution is -0.00635. The zero-order valence-corrected chi connectivity index (χ0v) is 12.7. The van der Waals surface area contributed by atoms with Crippen molar-refractivity contribution in [3.05, 3.63) is 23.8 Å². The summed E-state index contributed by atoms with van der Waals surface area (Å²) in [4.78, 5) is 0. The lowest BCUT2D eigenvalue weighted by Crippen LogP contribution is -2.43. The molecule has 21 heavy (non-hydrogen) atoms. The van der Waals surface area contributed by atoms with Gasteiger partial charge in [0.25, 0.3) is 0 Å². The molecule has 1 fully saturated rings. The van der Waals surface area contributed by atoms with E-state index in [2.05, 4.69) is 12.2 Å². The molecule has 2 N–H and O–H groups in total. The Labute approximate surface area is 126 Å². The topological polar surface area (TPSA) is 50.7 Å². The highest BCUT2D eigenvalue weighted by Crippen LogP contribution is 2.34. The molecule has 1 aliphatic heterocycles. The van der Waals surface area contributed by atoms with Crippen LogP contribution in [0, 0.1) is 5.92 Å². The van der Waals surface area contributed by atoms with Gasteiger partial charge in [-0.2, -0.15) is 0 Å². The zero-order chi connectivity index (χ0) is 14.7. The van der Waals surface area contributed by atoms with Crippen LogP contribution in [0.2, 0.25) is 0 Å². The fraction of sp³-hybridized carbons (Fsp3) is 0.647. The Kier molecular flexibility index (Phi) is 4.36. The number of fused-ring (bicyclic) bond motifs is 1. The zero-order valence-electron chi connectivity index (χ0n) is 12.7. The predicted molar refractivity (Wildman–Crippen MR) is 81.7 cm³/mol. The number of ether oxygens (including phenoxy) is 2. The number of nitrogens with one attached hydrogen (secondary N) is 1. The van der Waals surface area contributed by atoms with Gasteiger partial charge in [0, 0.05) is 18.7 Å². The van der Waals surface area contributed by atoms with E-state index in [4.69, 9.17) is 9.47 Å². The molecule has 3 rings (SSSR count). The normalized spacial score (nSPS) is 28.4. The number of para-hydroxylation sites is 1. The highest BCUT2D eigenvalue weighted by molar-refractivity contribution is 5.47. The standard InChI is InChI=1S/C17H25NO3/c1-13-5-7-17(19,8-6-13)12-18-11-14-3-2-4-15-16(14)21-10-9-20-15/h2-4,13,18-19H,5-12H2,1H3. The molecule has 1 heterocycles. The Hall–Kier alpha value is -1.26. The number of hydrogen-bond acceptors (Lipinski definition) is 4. The molecule has 1 aromatic carbocycles. The van der Waals surface area contributed by atoms with Gasteiger partial charge in [-0.1, -0.05) is 19.1 Å². The average molecular weight is 291 g/mol. The second kappa shape index (κ2) is 6.24. The second-order valence-electron chi connectivity index (χ2n) is 6.45. The Morgan fingerprint density at radius 2 is 2.00 bits per heavy atom. The molecule has 0 atom stereocenters. The van der Waals surface area contributed by atoms with E-state index in [1.54, 1.807) is 0 Å². The third kappa shape index (κ3) is 3.50. The van der Waals surface area contributed by atoms with E-state index in [-0.39, 0.29) is 0 Å². The molecule has 1 saturated carbocycles. The van der Waals surface area contributed by atoms with Gasteiger partial charge in [-0.25, -0.2) is 0 Å². The summed E-state index contributed by atoms with van der Waals surface area (Å²) < 4.78 is 11.3. The van der Waals surface area contributed by atoms with Crippen molar-refractivity contribution in [2.75, 3.05) is 19.8 Å². The summed E-state index contributed by atoms with van der Waals surface area (Å²) in [5.74, 6) is 2.42. The van der Waals surface area contributed by atoms with E-state index in [1.807, 2.05) is 18.2 Å². The van der Waals surface area contributed by atoms with Crippen molar-refractivity contribution in [2.24, 2.45) is 5.92 Å². The van der Waals surface area contributed by atoms with Crippen molar-refractivity contribution in [3.63, 3.8) is 0 Å². The van der Waals surface area contributed by atoms with Crippen LogP contribution in [0.3, 0.4) is 0 Å². The third-order valence-electron chi connectivity index (χ3n) is 4.62. The summed E-state index contributed by atoms with van der Waals surface area (Å²) in [6.45, 7) is 4.82. The quantitative estimate of drug-likeness (QED) is 0.895. The van der Waals surface area contributed by atoms with Gasteiger partial charge in [0.05, 0.1) is 5.60 Å². The van der Waals surface area contributed by atoms with E-state index < -0.39 is 5.60 Å². The molecule has 0 spiro atoms. The highest BCUT2D eigenvalue weighted by atomic mass is 16.6. The molecule has 0 bridgehead atoms. The van der Waals surface area contributed by atoms with Crippen LogP contribution >= 0.6 is 0 Å². The minimum Gasteiger partial charge on any atom is -0.486 e. The molecule has 0 amide bonds. The maximum atomic E-state index is 10.6. The van der Waals surface area contributed by atoms with Gasteiger partial charge in [0.1, 0.15) is 13.2 Å². The van der Waals surface area contributed by atoms with Gasteiger partial charge in [-0.3, -0.25) is 0 Å². The Bertz CT molecular complexity index is 481. The highest BCUT2D eigenvalue weighted by Gasteiger charge is 2.31. The van der Waals surface area contributed by atoms with Crippen molar-refractivity contribution in [3.8, 4) is 11.5 Å². The van der Waals surface area contributed by atoms with Crippen molar-refractivity contribution < 1.29 is 14.6 Å². The average Bonchev–Trinajstić information content (AvgIpc) is 2.51. The van der Waals surface area contributed by atoms with Crippen molar-refractivity contribution >= 4 is 0 Å². The molecular weight excluding hydrogens is 266 g/mol. The van der Waals surface area contributed by atoms with Gasteiger partial charge >= 0.3 is 0 Å². The molecule has 0 saturated heterocycles. The summed E-state index contributed by atoms with van der Waals surface area (Å²) >= 11 is 0. The maximum absolute atomic E-state index is 10.6. The van der Waals surface area contributed by atoms with E-state index in [0.29, 0.717) is 26.3 Å². The fourth-order valence-corrected chi connectivity index (χ4v) is 3.18. The summed E-state index contributed by atoms with van der Waals surface area (Å²) in [6.07, 6.45) is 4.03. The lowest BCUT2D eigenvalue weighted by Gasteiger charge is -2.35. The fourth-order valence-electron chi connectivity index (χ4n) is 3.18. The van der Waals surface area contributed by atoms with Gasteiger partial charge in [0.2, 0.25) is 0 Å². The van der Waals surface area contributed by atoms with Crippen LogP contribution in [0.4, 0.5) is 0 Å². The molecule has 1 aliphatic carbocycles. The molecular formula is C17H25NO3. The Morgan fingerprint density at radius 1 is 1.24 bits per heavy atom. The monoisotopic (exact) mass is 291 g/mol.